The molecule has 9 nitrogen and oxygen atoms in total. The minimum atomic E-state index is -5.08. The van der Waals surface area contributed by atoms with Crippen LogP contribution in [-0.2, 0) is 4.79 Å². The van der Waals surface area contributed by atoms with Crippen molar-refractivity contribution >= 4 is 29.3 Å². The molecule has 1 aliphatic rings. The number of carboxylic acids is 1. The Bertz CT molecular complexity index is 919. The van der Waals surface area contributed by atoms with Gasteiger partial charge in [-0.05, 0) is 49.9 Å². The van der Waals surface area contributed by atoms with E-state index in [1.54, 1.807) is 18.2 Å². The zero-order valence-electron chi connectivity index (χ0n) is 16.4. The molecule has 1 aromatic carbocycles. The Morgan fingerprint density at radius 3 is 2.48 bits per heavy atom. The van der Waals surface area contributed by atoms with E-state index in [0.29, 0.717) is 24.0 Å². The number of aromatic nitrogens is 2. The van der Waals surface area contributed by atoms with Gasteiger partial charge in [-0.25, -0.2) is 9.78 Å². The van der Waals surface area contributed by atoms with Crippen molar-refractivity contribution < 1.29 is 27.9 Å². The van der Waals surface area contributed by atoms with Crippen LogP contribution in [0.15, 0.2) is 30.5 Å². The van der Waals surface area contributed by atoms with Gasteiger partial charge in [-0.15, -0.1) is 0 Å². The summed E-state index contributed by atoms with van der Waals surface area (Å²) in [5, 5.41) is 13.6. The molecule has 168 valence electrons. The fourth-order valence-electron chi connectivity index (χ4n) is 2.47. The van der Waals surface area contributed by atoms with Crippen LogP contribution in [0.3, 0.4) is 0 Å². The number of anilines is 3. The van der Waals surface area contributed by atoms with E-state index in [0.717, 1.165) is 30.0 Å². The average Bonchev–Trinajstić information content (AvgIpc) is 3.53. The first-order valence-electron chi connectivity index (χ1n) is 9.39. The zero-order valence-corrected chi connectivity index (χ0v) is 16.4. The number of rotatable bonds is 8. The first kappa shape index (κ1) is 23.9. The van der Waals surface area contributed by atoms with E-state index < -0.39 is 18.1 Å². The fourth-order valence-corrected chi connectivity index (χ4v) is 2.47. The summed E-state index contributed by atoms with van der Waals surface area (Å²) in [5.74, 6) is -1.33. The van der Waals surface area contributed by atoms with E-state index in [1.165, 1.54) is 12.8 Å². The highest BCUT2D eigenvalue weighted by Gasteiger charge is 2.38. The maximum Gasteiger partial charge on any atom is 0.490 e. The van der Waals surface area contributed by atoms with Crippen molar-refractivity contribution in [2.45, 2.75) is 31.4 Å². The maximum absolute atomic E-state index is 11.3. The molecule has 0 bridgehead atoms. The molecule has 1 saturated carbocycles. The lowest BCUT2D eigenvalue weighted by atomic mass is 10.2. The second-order valence-corrected chi connectivity index (χ2v) is 6.71. The Kier molecular flexibility index (Phi) is 8.14. The lowest BCUT2D eigenvalue weighted by Gasteiger charge is -2.12. The lowest BCUT2D eigenvalue weighted by Crippen LogP contribution is -2.21. The fraction of sp³-hybridized carbons (Fsp3) is 0.368. The molecule has 0 atom stereocenters. The van der Waals surface area contributed by atoms with E-state index in [-0.39, 0.29) is 0 Å². The number of carboxylic acid groups (broad SMARTS) is 1. The third-order valence-electron chi connectivity index (χ3n) is 4.15. The van der Waals surface area contributed by atoms with Gasteiger partial charge in [0, 0.05) is 29.6 Å². The Morgan fingerprint density at radius 2 is 1.94 bits per heavy atom. The van der Waals surface area contributed by atoms with Gasteiger partial charge < -0.3 is 27.2 Å². The van der Waals surface area contributed by atoms with Crippen LogP contribution in [0.4, 0.5) is 30.6 Å². The molecule has 1 heterocycles. The van der Waals surface area contributed by atoms with Gasteiger partial charge in [0.15, 0.2) is 0 Å². The first-order valence-corrected chi connectivity index (χ1v) is 9.39. The number of carbonyl (C=O) groups is 2. The predicted molar refractivity (Wildman–Crippen MR) is 108 cm³/mol. The van der Waals surface area contributed by atoms with Crippen LogP contribution in [-0.4, -0.2) is 46.2 Å². The summed E-state index contributed by atoms with van der Waals surface area (Å²) in [6.07, 6.45) is 0.0396. The zero-order chi connectivity index (χ0) is 23.0. The molecular formula is C19H23F3N6O3. The standard InChI is InChI=1S/C17H22N6O.C2HF3O2/c18-7-2-8-20-16-14(11-5-6-11)10-21-17(23-16)22-13-4-1-3-12(9-13)15(19)24;3-2(4,5)1(6)7/h1,3-4,9-11H,2,5-8,18H2,(H2,19,24)(H2,20,21,22,23);(H,6,7). The number of hydrogen-bond donors (Lipinski definition) is 5. The molecule has 0 unspecified atom stereocenters. The molecular weight excluding hydrogens is 417 g/mol. The molecule has 12 heteroatoms. The minimum Gasteiger partial charge on any atom is -0.475 e. The van der Waals surface area contributed by atoms with E-state index in [4.69, 9.17) is 21.4 Å². The normalized spacial score (nSPS) is 13.0. The molecule has 1 fully saturated rings. The summed E-state index contributed by atoms with van der Waals surface area (Å²) in [5.41, 5.74) is 13.2. The highest BCUT2D eigenvalue weighted by molar-refractivity contribution is 5.93. The van der Waals surface area contributed by atoms with Crippen molar-refractivity contribution in [3.63, 3.8) is 0 Å². The third-order valence-corrected chi connectivity index (χ3v) is 4.15. The van der Waals surface area contributed by atoms with Crippen LogP contribution in [0.2, 0.25) is 0 Å². The van der Waals surface area contributed by atoms with Crippen molar-refractivity contribution in [3.8, 4) is 0 Å². The van der Waals surface area contributed by atoms with Crippen molar-refractivity contribution in [1.82, 2.24) is 9.97 Å². The summed E-state index contributed by atoms with van der Waals surface area (Å²) in [6, 6.07) is 6.96. The highest BCUT2D eigenvalue weighted by atomic mass is 19.4. The van der Waals surface area contributed by atoms with E-state index in [1.807, 2.05) is 12.3 Å². The largest absolute Gasteiger partial charge is 0.490 e. The van der Waals surface area contributed by atoms with Gasteiger partial charge in [0.2, 0.25) is 11.9 Å². The number of primary amides is 1. The van der Waals surface area contributed by atoms with Gasteiger partial charge in [0.05, 0.1) is 0 Å². The van der Waals surface area contributed by atoms with Gasteiger partial charge in [0.1, 0.15) is 5.82 Å². The van der Waals surface area contributed by atoms with Crippen LogP contribution >= 0.6 is 0 Å². The number of halogens is 3. The van der Waals surface area contributed by atoms with Crippen LogP contribution in [0, 0.1) is 0 Å². The monoisotopic (exact) mass is 440 g/mol. The predicted octanol–water partition coefficient (Wildman–Crippen LogP) is 2.59. The van der Waals surface area contributed by atoms with E-state index in [9.17, 15) is 18.0 Å². The van der Waals surface area contributed by atoms with Crippen LogP contribution in [0.25, 0.3) is 0 Å². The molecule has 1 amide bonds. The first-order chi connectivity index (χ1) is 14.6. The summed E-state index contributed by atoms with van der Waals surface area (Å²) >= 11 is 0. The summed E-state index contributed by atoms with van der Waals surface area (Å²) < 4.78 is 31.7. The molecule has 3 rings (SSSR count). The number of carbonyl (C=O) groups excluding carboxylic acids is 1. The van der Waals surface area contributed by atoms with Gasteiger partial charge in [0.25, 0.3) is 0 Å². The van der Waals surface area contributed by atoms with Gasteiger partial charge in [-0.2, -0.15) is 18.2 Å². The number of nitrogens with zero attached hydrogens (tertiary/aromatic N) is 2. The number of aliphatic carboxylic acids is 1. The van der Waals surface area contributed by atoms with Gasteiger partial charge >= 0.3 is 12.1 Å². The van der Waals surface area contributed by atoms with Crippen molar-refractivity contribution in [3.05, 3.63) is 41.6 Å². The topological polar surface area (TPSA) is 156 Å². The second kappa shape index (κ2) is 10.6. The van der Waals surface area contributed by atoms with E-state index in [2.05, 4.69) is 20.6 Å². The Labute approximate surface area is 176 Å². The third kappa shape index (κ3) is 7.74. The summed E-state index contributed by atoms with van der Waals surface area (Å²) in [7, 11) is 0. The number of nitrogens with one attached hydrogen (secondary N) is 2. The SMILES string of the molecule is NCCCNc1nc(Nc2cccc(C(N)=O)c2)ncc1C1CC1.O=C(O)C(F)(F)F. The second-order valence-electron chi connectivity index (χ2n) is 6.71. The molecule has 31 heavy (non-hydrogen) atoms. The molecule has 7 N–H and O–H groups in total. The highest BCUT2D eigenvalue weighted by Crippen LogP contribution is 2.42. The van der Waals surface area contributed by atoms with Gasteiger partial charge in [-0.1, -0.05) is 6.07 Å². The van der Waals surface area contributed by atoms with Crippen LogP contribution in [0.5, 0.6) is 0 Å². The van der Waals surface area contributed by atoms with Crippen molar-refractivity contribution in [2.24, 2.45) is 11.5 Å². The average molecular weight is 440 g/mol. The Morgan fingerprint density at radius 1 is 1.26 bits per heavy atom. The molecule has 0 spiro atoms. The van der Waals surface area contributed by atoms with E-state index >= 15 is 0 Å². The number of nitrogens with two attached hydrogens (primary N) is 2. The molecule has 2 aromatic rings. The number of amides is 1. The summed E-state index contributed by atoms with van der Waals surface area (Å²) in [4.78, 5) is 29.2. The summed E-state index contributed by atoms with van der Waals surface area (Å²) in [6.45, 7) is 1.42. The van der Waals surface area contributed by atoms with Crippen molar-refractivity contribution in [1.29, 1.82) is 0 Å². The van der Waals surface area contributed by atoms with Gasteiger partial charge in [-0.3, -0.25) is 4.79 Å². The van der Waals surface area contributed by atoms with Crippen molar-refractivity contribution in [2.75, 3.05) is 23.7 Å². The molecule has 0 radical (unpaired) electrons. The number of hydrogen-bond acceptors (Lipinski definition) is 7. The maximum atomic E-state index is 11.3. The molecule has 1 aliphatic carbocycles. The van der Waals surface area contributed by atoms with Crippen LogP contribution < -0.4 is 22.1 Å². The number of benzene rings is 1. The minimum absolute atomic E-state index is 0.441. The number of alkyl halides is 3. The molecule has 0 saturated heterocycles. The molecule has 1 aromatic heterocycles. The Hall–Kier alpha value is -3.41. The van der Waals surface area contributed by atoms with Crippen LogP contribution in [0.1, 0.15) is 41.1 Å². The lowest BCUT2D eigenvalue weighted by molar-refractivity contribution is -0.192. The molecule has 0 aliphatic heterocycles. The Balaban J connectivity index is 0.000000423. The smallest absolute Gasteiger partial charge is 0.475 e. The quantitative estimate of drug-likeness (QED) is 0.392.